The fourth-order valence-corrected chi connectivity index (χ4v) is 1.41. The molecule has 3 heteroatoms. The predicted molar refractivity (Wildman–Crippen MR) is 54.8 cm³/mol. The molecule has 0 radical (unpaired) electrons. The van der Waals surface area contributed by atoms with Crippen molar-refractivity contribution in [1.82, 2.24) is 0 Å². The molecule has 0 fully saturated rings. The largest absolute Gasteiger partial charge is 0.458 e. The van der Waals surface area contributed by atoms with Crippen LogP contribution >= 0.6 is 0 Å². The molecule has 0 saturated heterocycles. The topological polar surface area (TPSA) is 59.4 Å². The van der Waals surface area contributed by atoms with Crippen molar-refractivity contribution in [2.24, 2.45) is 5.73 Å². The fraction of sp³-hybridized carbons (Fsp3) is 0.273. The zero-order valence-corrected chi connectivity index (χ0v) is 7.97. The summed E-state index contributed by atoms with van der Waals surface area (Å²) in [7, 11) is 0. The highest BCUT2D eigenvalue weighted by atomic mass is 16.4. The third-order valence-electron chi connectivity index (χ3n) is 2.23. The van der Waals surface area contributed by atoms with Gasteiger partial charge in [-0.25, -0.2) is 0 Å². The molecule has 0 aliphatic heterocycles. The van der Waals surface area contributed by atoms with Gasteiger partial charge in [-0.05, 0) is 19.1 Å². The van der Waals surface area contributed by atoms with E-state index in [1.165, 1.54) is 0 Å². The third kappa shape index (κ3) is 1.52. The smallest absolute Gasteiger partial charge is 0.135 e. The molecule has 3 N–H and O–H groups in total. The minimum atomic E-state index is -0.734. The number of para-hydroxylation sites is 1. The molecule has 3 nitrogen and oxygen atoms in total. The second-order valence-electron chi connectivity index (χ2n) is 3.49. The van der Waals surface area contributed by atoms with Crippen LogP contribution in [-0.2, 0) is 0 Å². The van der Waals surface area contributed by atoms with Crippen molar-refractivity contribution < 1.29 is 9.52 Å². The molecule has 0 aliphatic rings. The highest BCUT2D eigenvalue weighted by Crippen LogP contribution is 2.24. The molecule has 0 amide bonds. The van der Waals surface area contributed by atoms with Crippen LogP contribution in [0.25, 0.3) is 11.0 Å². The summed E-state index contributed by atoms with van der Waals surface area (Å²) in [6, 6.07) is 9.13. The van der Waals surface area contributed by atoms with Gasteiger partial charge in [0.05, 0.1) is 0 Å². The summed E-state index contributed by atoms with van der Waals surface area (Å²) < 4.78 is 5.46. The van der Waals surface area contributed by atoms with Crippen molar-refractivity contribution in [1.29, 1.82) is 0 Å². The van der Waals surface area contributed by atoms with Crippen LogP contribution in [0.4, 0.5) is 0 Å². The van der Waals surface area contributed by atoms with Crippen molar-refractivity contribution >= 4 is 11.0 Å². The summed E-state index contributed by atoms with van der Waals surface area (Å²) in [6.45, 7) is 1.75. The van der Waals surface area contributed by atoms with Crippen molar-refractivity contribution in [2.75, 3.05) is 0 Å². The first-order valence-electron chi connectivity index (χ1n) is 4.60. The van der Waals surface area contributed by atoms with Gasteiger partial charge in [0.2, 0.25) is 0 Å². The molecule has 0 aliphatic carbocycles. The number of hydrogen-bond donors (Lipinski definition) is 2. The molecule has 74 valence electrons. The number of hydrogen-bond acceptors (Lipinski definition) is 3. The van der Waals surface area contributed by atoms with Gasteiger partial charge in [-0.3, -0.25) is 0 Å². The summed E-state index contributed by atoms with van der Waals surface area (Å²) >= 11 is 0. The van der Waals surface area contributed by atoms with E-state index in [2.05, 4.69) is 0 Å². The van der Waals surface area contributed by atoms with Gasteiger partial charge < -0.3 is 15.3 Å². The number of fused-ring (bicyclic) bond motifs is 1. The molecule has 0 unspecified atom stereocenters. The normalized spacial score (nSPS) is 15.6. The van der Waals surface area contributed by atoms with E-state index in [4.69, 9.17) is 10.2 Å². The first-order chi connectivity index (χ1) is 6.68. The zero-order chi connectivity index (χ0) is 10.1. The van der Waals surface area contributed by atoms with Crippen LogP contribution in [0.5, 0.6) is 0 Å². The van der Waals surface area contributed by atoms with Gasteiger partial charge in [0.25, 0.3) is 0 Å². The Morgan fingerprint density at radius 2 is 2.07 bits per heavy atom. The summed E-state index contributed by atoms with van der Waals surface area (Å²) in [4.78, 5) is 0. The van der Waals surface area contributed by atoms with Crippen molar-refractivity contribution in [3.63, 3.8) is 0 Å². The van der Waals surface area contributed by atoms with E-state index >= 15 is 0 Å². The molecule has 0 saturated carbocycles. The molecular weight excluding hydrogens is 178 g/mol. The molecule has 1 aromatic heterocycles. The minimum absolute atomic E-state index is 0.324. The van der Waals surface area contributed by atoms with E-state index in [1.807, 2.05) is 30.3 Å². The van der Waals surface area contributed by atoms with Gasteiger partial charge in [-0.15, -0.1) is 0 Å². The van der Waals surface area contributed by atoms with Crippen molar-refractivity contribution in [3.05, 3.63) is 36.1 Å². The van der Waals surface area contributed by atoms with Crippen molar-refractivity contribution in [3.8, 4) is 0 Å². The summed E-state index contributed by atoms with van der Waals surface area (Å²) in [5, 5.41) is 10.7. The second-order valence-corrected chi connectivity index (χ2v) is 3.49. The average molecular weight is 191 g/mol. The predicted octanol–water partition coefficient (Wildman–Crippen LogP) is 1.81. The molecule has 14 heavy (non-hydrogen) atoms. The number of aliphatic hydroxyl groups is 1. The van der Waals surface area contributed by atoms with Crippen LogP contribution in [0, 0.1) is 0 Å². The lowest BCUT2D eigenvalue weighted by molar-refractivity contribution is 0.129. The molecule has 0 spiro atoms. The highest BCUT2D eigenvalue weighted by Gasteiger charge is 2.16. The Bertz CT molecular complexity index is 401. The number of aliphatic hydroxyl groups excluding tert-OH is 1. The third-order valence-corrected chi connectivity index (χ3v) is 2.23. The summed E-state index contributed by atoms with van der Waals surface area (Å²) in [5.41, 5.74) is 6.36. The van der Waals surface area contributed by atoms with E-state index in [-0.39, 0.29) is 6.04 Å². The van der Waals surface area contributed by atoms with Gasteiger partial charge in [-0.2, -0.15) is 0 Å². The van der Waals surface area contributed by atoms with Crippen LogP contribution < -0.4 is 5.73 Å². The Morgan fingerprint density at radius 1 is 1.36 bits per heavy atom. The number of benzene rings is 1. The number of rotatable bonds is 2. The Morgan fingerprint density at radius 3 is 2.71 bits per heavy atom. The first-order valence-corrected chi connectivity index (χ1v) is 4.60. The Balaban J connectivity index is 2.45. The van der Waals surface area contributed by atoms with Crippen LogP contribution in [0.3, 0.4) is 0 Å². The summed E-state index contributed by atoms with van der Waals surface area (Å²) in [5.74, 6) is 0.529. The zero-order valence-electron chi connectivity index (χ0n) is 7.97. The van der Waals surface area contributed by atoms with E-state index in [0.29, 0.717) is 5.76 Å². The lowest BCUT2D eigenvalue weighted by atomic mass is 10.1. The second kappa shape index (κ2) is 3.44. The molecule has 2 atom stereocenters. The monoisotopic (exact) mass is 191 g/mol. The molecule has 2 rings (SSSR count). The van der Waals surface area contributed by atoms with Crippen LogP contribution in [0.15, 0.2) is 34.7 Å². The van der Waals surface area contributed by atoms with E-state index in [9.17, 15) is 5.11 Å². The van der Waals surface area contributed by atoms with Crippen LogP contribution in [-0.4, -0.2) is 11.1 Å². The Labute approximate surface area is 82.1 Å². The molecule has 1 aromatic carbocycles. The van der Waals surface area contributed by atoms with E-state index in [1.54, 1.807) is 6.92 Å². The maximum Gasteiger partial charge on any atom is 0.135 e. The summed E-state index contributed by atoms with van der Waals surface area (Å²) in [6.07, 6.45) is -0.734. The molecule has 0 bridgehead atoms. The molecule has 1 heterocycles. The number of nitrogens with two attached hydrogens (primary N) is 1. The van der Waals surface area contributed by atoms with Gasteiger partial charge >= 0.3 is 0 Å². The van der Waals surface area contributed by atoms with E-state index < -0.39 is 6.10 Å². The van der Waals surface area contributed by atoms with Gasteiger partial charge in [0, 0.05) is 11.4 Å². The Hall–Kier alpha value is -1.32. The highest BCUT2D eigenvalue weighted by molar-refractivity contribution is 5.77. The van der Waals surface area contributed by atoms with Gasteiger partial charge in [0.15, 0.2) is 0 Å². The van der Waals surface area contributed by atoms with E-state index in [0.717, 1.165) is 11.0 Å². The maximum atomic E-state index is 9.68. The van der Waals surface area contributed by atoms with Crippen LogP contribution in [0.2, 0.25) is 0 Å². The van der Waals surface area contributed by atoms with Crippen LogP contribution in [0.1, 0.15) is 18.8 Å². The van der Waals surface area contributed by atoms with Gasteiger partial charge in [-0.1, -0.05) is 18.2 Å². The SMILES string of the molecule is C[C@H](N)[C@H](O)c1cc2ccccc2o1. The lowest BCUT2D eigenvalue weighted by Crippen LogP contribution is -2.23. The average Bonchev–Trinajstić information content (AvgIpc) is 2.59. The molecular formula is C11H13NO2. The van der Waals surface area contributed by atoms with Crippen molar-refractivity contribution in [2.45, 2.75) is 19.1 Å². The standard InChI is InChI=1S/C11H13NO2/c1-7(12)11(13)10-6-8-4-2-3-5-9(8)14-10/h2-7,11,13H,12H2,1H3/t7-,11-/m0/s1. The fourth-order valence-electron chi connectivity index (χ4n) is 1.41. The quantitative estimate of drug-likeness (QED) is 0.761. The Kier molecular flexibility index (Phi) is 2.27. The maximum absolute atomic E-state index is 9.68. The lowest BCUT2D eigenvalue weighted by Gasteiger charge is -2.10. The van der Waals surface area contributed by atoms with Gasteiger partial charge in [0.1, 0.15) is 17.4 Å². The number of furan rings is 1. The molecule has 2 aromatic rings. The minimum Gasteiger partial charge on any atom is -0.458 e. The first kappa shape index (κ1) is 9.24.